The Bertz CT molecular complexity index is 341. The second kappa shape index (κ2) is 7.22. The molecule has 1 aromatic heterocycles. The Hall–Kier alpha value is -1.16. The van der Waals surface area contributed by atoms with Crippen LogP contribution in [0, 0.1) is 5.82 Å². The molecule has 0 fully saturated rings. The third-order valence-electron chi connectivity index (χ3n) is 2.74. The highest BCUT2D eigenvalue weighted by atomic mass is 19.1. The van der Waals surface area contributed by atoms with Gasteiger partial charge in [-0.25, -0.2) is 9.37 Å². The second-order valence-corrected chi connectivity index (χ2v) is 4.10. The third kappa shape index (κ3) is 3.97. The Balaban J connectivity index is 2.91. The molecular formula is C13H22FN3. The van der Waals surface area contributed by atoms with Crippen LogP contribution in [0.15, 0.2) is 12.3 Å². The van der Waals surface area contributed by atoms with E-state index >= 15 is 0 Å². The summed E-state index contributed by atoms with van der Waals surface area (Å²) in [5.74, 6) is 0.627. The van der Waals surface area contributed by atoms with Crippen LogP contribution in [-0.2, 0) is 6.54 Å². The van der Waals surface area contributed by atoms with Gasteiger partial charge in [0.25, 0.3) is 0 Å². The number of hydrogen-bond acceptors (Lipinski definition) is 3. The van der Waals surface area contributed by atoms with Crippen molar-refractivity contribution in [3.05, 3.63) is 23.6 Å². The van der Waals surface area contributed by atoms with Crippen molar-refractivity contribution < 1.29 is 4.39 Å². The zero-order chi connectivity index (χ0) is 12.7. The summed E-state index contributed by atoms with van der Waals surface area (Å²) in [5.41, 5.74) is 0.922. The summed E-state index contributed by atoms with van der Waals surface area (Å²) < 4.78 is 13.2. The predicted molar refractivity (Wildman–Crippen MR) is 69.8 cm³/mol. The smallest absolute Gasteiger partial charge is 0.141 e. The number of nitrogens with one attached hydrogen (secondary N) is 1. The summed E-state index contributed by atoms with van der Waals surface area (Å²) in [7, 11) is 1.86. The summed E-state index contributed by atoms with van der Waals surface area (Å²) in [6.07, 6.45) is 3.58. The SMILES string of the molecule is CCCCN(CC)c1ncc(F)cc1CNC. The Morgan fingerprint density at radius 3 is 2.76 bits per heavy atom. The van der Waals surface area contributed by atoms with Gasteiger partial charge in [0, 0.05) is 25.2 Å². The van der Waals surface area contributed by atoms with Crippen molar-refractivity contribution in [2.45, 2.75) is 33.2 Å². The van der Waals surface area contributed by atoms with Crippen molar-refractivity contribution in [3.8, 4) is 0 Å². The molecule has 3 nitrogen and oxygen atoms in total. The molecule has 4 heteroatoms. The van der Waals surface area contributed by atoms with Crippen LogP contribution < -0.4 is 10.2 Å². The maximum Gasteiger partial charge on any atom is 0.141 e. The standard InChI is InChI=1S/C13H22FN3/c1-4-6-7-17(5-2)13-11(9-15-3)8-12(14)10-16-13/h8,10,15H,4-7,9H2,1-3H3. The number of nitrogens with zero attached hydrogens (tertiary/aromatic N) is 2. The molecule has 0 bridgehead atoms. The van der Waals surface area contributed by atoms with Crippen molar-refractivity contribution in [2.75, 3.05) is 25.0 Å². The molecule has 0 radical (unpaired) electrons. The molecule has 0 saturated heterocycles. The van der Waals surface area contributed by atoms with Crippen LogP contribution in [0.25, 0.3) is 0 Å². The fraction of sp³-hybridized carbons (Fsp3) is 0.615. The molecule has 0 saturated carbocycles. The molecule has 0 amide bonds. The monoisotopic (exact) mass is 239 g/mol. The molecule has 0 aromatic carbocycles. The van der Waals surface area contributed by atoms with Gasteiger partial charge in [0.2, 0.25) is 0 Å². The third-order valence-corrected chi connectivity index (χ3v) is 2.74. The molecule has 1 N–H and O–H groups in total. The number of anilines is 1. The van der Waals surface area contributed by atoms with E-state index in [9.17, 15) is 4.39 Å². The first-order valence-electron chi connectivity index (χ1n) is 6.26. The van der Waals surface area contributed by atoms with Crippen LogP contribution in [0.4, 0.5) is 10.2 Å². The number of pyridine rings is 1. The van der Waals surface area contributed by atoms with Crippen LogP contribution in [0.5, 0.6) is 0 Å². The lowest BCUT2D eigenvalue weighted by molar-refractivity contribution is 0.613. The van der Waals surface area contributed by atoms with Gasteiger partial charge < -0.3 is 10.2 Å². The molecule has 0 spiro atoms. The Morgan fingerprint density at radius 2 is 2.18 bits per heavy atom. The van der Waals surface area contributed by atoms with Crippen LogP contribution >= 0.6 is 0 Å². The molecule has 0 aliphatic carbocycles. The molecule has 1 heterocycles. The first-order chi connectivity index (χ1) is 8.22. The second-order valence-electron chi connectivity index (χ2n) is 4.10. The minimum Gasteiger partial charge on any atom is -0.357 e. The van der Waals surface area contributed by atoms with Gasteiger partial charge in [0.1, 0.15) is 11.6 Å². The van der Waals surface area contributed by atoms with E-state index < -0.39 is 0 Å². The zero-order valence-electron chi connectivity index (χ0n) is 11.0. The lowest BCUT2D eigenvalue weighted by Crippen LogP contribution is -2.27. The molecule has 0 atom stereocenters. The minimum absolute atomic E-state index is 0.273. The normalized spacial score (nSPS) is 10.6. The van der Waals surface area contributed by atoms with Crippen molar-refractivity contribution in [1.82, 2.24) is 10.3 Å². The summed E-state index contributed by atoms with van der Waals surface area (Å²) in [6, 6.07) is 1.56. The van der Waals surface area contributed by atoms with Gasteiger partial charge in [-0.15, -0.1) is 0 Å². The zero-order valence-corrected chi connectivity index (χ0v) is 11.0. The van der Waals surface area contributed by atoms with Gasteiger partial charge in [0.05, 0.1) is 6.20 Å². The molecule has 1 aromatic rings. The van der Waals surface area contributed by atoms with Crippen molar-refractivity contribution in [2.24, 2.45) is 0 Å². The van der Waals surface area contributed by atoms with Gasteiger partial charge in [-0.3, -0.25) is 0 Å². The average Bonchev–Trinajstić information content (AvgIpc) is 2.32. The number of halogens is 1. The summed E-state index contributed by atoms with van der Waals surface area (Å²) in [6.45, 7) is 6.78. The highest BCUT2D eigenvalue weighted by Crippen LogP contribution is 2.18. The highest BCUT2D eigenvalue weighted by Gasteiger charge is 2.11. The van der Waals surface area contributed by atoms with Gasteiger partial charge in [-0.1, -0.05) is 13.3 Å². The quantitative estimate of drug-likeness (QED) is 0.792. The lowest BCUT2D eigenvalue weighted by atomic mass is 10.2. The first kappa shape index (κ1) is 13.9. The molecule has 0 aliphatic rings. The van der Waals surface area contributed by atoms with E-state index in [0.29, 0.717) is 6.54 Å². The molecular weight excluding hydrogens is 217 g/mol. The fourth-order valence-corrected chi connectivity index (χ4v) is 1.84. The van der Waals surface area contributed by atoms with Crippen molar-refractivity contribution in [3.63, 3.8) is 0 Å². The summed E-state index contributed by atoms with van der Waals surface area (Å²) in [5, 5.41) is 3.05. The number of unbranched alkanes of at least 4 members (excludes halogenated alkanes) is 1. The van der Waals surface area contributed by atoms with E-state index in [-0.39, 0.29) is 5.82 Å². The molecule has 1 rings (SSSR count). The average molecular weight is 239 g/mol. The van der Waals surface area contributed by atoms with Gasteiger partial charge >= 0.3 is 0 Å². The van der Waals surface area contributed by atoms with E-state index in [1.54, 1.807) is 6.07 Å². The number of aromatic nitrogens is 1. The van der Waals surface area contributed by atoms with E-state index in [1.807, 2.05) is 7.05 Å². The highest BCUT2D eigenvalue weighted by molar-refractivity contribution is 5.46. The van der Waals surface area contributed by atoms with E-state index in [4.69, 9.17) is 0 Å². The fourth-order valence-electron chi connectivity index (χ4n) is 1.84. The molecule has 17 heavy (non-hydrogen) atoms. The largest absolute Gasteiger partial charge is 0.357 e. The molecule has 0 unspecified atom stereocenters. The minimum atomic E-state index is -0.273. The summed E-state index contributed by atoms with van der Waals surface area (Å²) in [4.78, 5) is 6.44. The van der Waals surface area contributed by atoms with Gasteiger partial charge in [-0.2, -0.15) is 0 Å². The van der Waals surface area contributed by atoms with Crippen LogP contribution in [0.2, 0.25) is 0 Å². The van der Waals surface area contributed by atoms with Gasteiger partial charge in [0.15, 0.2) is 0 Å². The van der Waals surface area contributed by atoms with Gasteiger partial charge in [-0.05, 0) is 26.5 Å². The van der Waals surface area contributed by atoms with E-state index in [2.05, 4.69) is 29.0 Å². The van der Waals surface area contributed by atoms with Crippen molar-refractivity contribution in [1.29, 1.82) is 0 Å². The first-order valence-corrected chi connectivity index (χ1v) is 6.26. The Kier molecular flexibility index (Phi) is 5.91. The Morgan fingerprint density at radius 1 is 1.41 bits per heavy atom. The van der Waals surface area contributed by atoms with E-state index in [0.717, 1.165) is 37.3 Å². The lowest BCUT2D eigenvalue weighted by Gasteiger charge is -2.24. The maximum atomic E-state index is 13.2. The van der Waals surface area contributed by atoms with Crippen LogP contribution in [0.1, 0.15) is 32.3 Å². The maximum absolute atomic E-state index is 13.2. The van der Waals surface area contributed by atoms with Crippen LogP contribution in [0.3, 0.4) is 0 Å². The Labute approximate surface area is 103 Å². The molecule has 0 aliphatic heterocycles. The number of rotatable bonds is 7. The summed E-state index contributed by atoms with van der Waals surface area (Å²) >= 11 is 0. The topological polar surface area (TPSA) is 28.2 Å². The predicted octanol–water partition coefficient (Wildman–Crippen LogP) is 2.57. The molecule has 96 valence electrons. The van der Waals surface area contributed by atoms with E-state index in [1.165, 1.54) is 6.20 Å². The van der Waals surface area contributed by atoms with Crippen LogP contribution in [-0.4, -0.2) is 25.1 Å². The number of hydrogen-bond donors (Lipinski definition) is 1. The van der Waals surface area contributed by atoms with Crippen molar-refractivity contribution >= 4 is 5.82 Å².